The summed E-state index contributed by atoms with van der Waals surface area (Å²) in [6.07, 6.45) is 1.89. The third-order valence-corrected chi connectivity index (χ3v) is 5.23. The standard InChI is InChI=1S/C19H23N3O2S/c1-5-14-11-15-18(21-12(2)22-19(15)25-14)20-9-8-13-6-7-16(23-3)17(10-13)24-4/h6-7,10-11H,5,8-9H2,1-4H3,(H,20,21,22). The van der Waals surface area contributed by atoms with Gasteiger partial charge in [0.2, 0.25) is 0 Å². The van der Waals surface area contributed by atoms with Gasteiger partial charge in [-0.3, -0.25) is 0 Å². The van der Waals surface area contributed by atoms with E-state index in [4.69, 9.17) is 9.47 Å². The molecule has 3 aromatic rings. The molecule has 2 heterocycles. The maximum absolute atomic E-state index is 5.37. The molecule has 2 aromatic heterocycles. The number of hydrogen-bond donors (Lipinski definition) is 1. The highest BCUT2D eigenvalue weighted by Gasteiger charge is 2.10. The lowest BCUT2D eigenvalue weighted by Crippen LogP contribution is -2.08. The molecule has 6 heteroatoms. The van der Waals surface area contributed by atoms with Gasteiger partial charge in [-0.05, 0) is 43.5 Å². The Bertz CT molecular complexity index is 876. The topological polar surface area (TPSA) is 56.3 Å². The van der Waals surface area contributed by atoms with Gasteiger partial charge in [-0.2, -0.15) is 0 Å². The highest BCUT2D eigenvalue weighted by Crippen LogP contribution is 2.30. The number of nitrogens with zero attached hydrogens (tertiary/aromatic N) is 2. The molecule has 0 spiro atoms. The summed E-state index contributed by atoms with van der Waals surface area (Å²) in [4.78, 5) is 11.5. The highest BCUT2D eigenvalue weighted by atomic mass is 32.1. The van der Waals surface area contributed by atoms with Crippen molar-refractivity contribution in [1.82, 2.24) is 9.97 Å². The Hall–Kier alpha value is -2.34. The lowest BCUT2D eigenvalue weighted by Gasteiger charge is -2.11. The average molecular weight is 357 g/mol. The fraction of sp³-hybridized carbons (Fsp3) is 0.368. The van der Waals surface area contributed by atoms with Crippen LogP contribution in [-0.2, 0) is 12.8 Å². The molecule has 3 rings (SSSR count). The number of rotatable bonds is 7. The summed E-state index contributed by atoms with van der Waals surface area (Å²) in [6, 6.07) is 8.20. The van der Waals surface area contributed by atoms with Crippen LogP contribution in [0.15, 0.2) is 24.3 Å². The van der Waals surface area contributed by atoms with Crippen LogP contribution in [0.1, 0.15) is 23.2 Å². The first-order valence-electron chi connectivity index (χ1n) is 8.36. The van der Waals surface area contributed by atoms with E-state index in [1.54, 1.807) is 25.6 Å². The maximum atomic E-state index is 5.37. The molecule has 0 aliphatic rings. The summed E-state index contributed by atoms with van der Waals surface area (Å²) in [6.45, 7) is 4.89. The first-order chi connectivity index (χ1) is 12.1. The summed E-state index contributed by atoms with van der Waals surface area (Å²) in [5.41, 5.74) is 1.19. The summed E-state index contributed by atoms with van der Waals surface area (Å²) in [7, 11) is 3.30. The molecule has 0 aliphatic carbocycles. The van der Waals surface area contributed by atoms with Crippen LogP contribution in [0.3, 0.4) is 0 Å². The molecule has 0 saturated heterocycles. The molecule has 25 heavy (non-hydrogen) atoms. The molecule has 132 valence electrons. The van der Waals surface area contributed by atoms with Gasteiger partial charge in [0.05, 0.1) is 19.6 Å². The molecular weight excluding hydrogens is 334 g/mol. The van der Waals surface area contributed by atoms with E-state index in [2.05, 4.69) is 34.3 Å². The minimum atomic E-state index is 0.748. The summed E-state index contributed by atoms with van der Waals surface area (Å²) >= 11 is 1.74. The van der Waals surface area contributed by atoms with E-state index in [1.165, 1.54) is 10.4 Å². The molecule has 0 bridgehead atoms. The zero-order chi connectivity index (χ0) is 17.8. The highest BCUT2D eigenvalue weighted by molar-refractivity contribution is 7.18. The van der Waals surface area contributed by atoms with Crippen LogP contribution < -0.4 is 14.8 Å². The lowest BCUT2D eigenvalue weighted by molar-refractivity contribution is 0.354. The zero-order valence-electron chi connectivity index (χ0n) is 15.0. The minimum Gasteiger partial charge on any atom is -0.493 e. The van der Waals surface area contributed by atoms with Gasteiger partial charge in [-0.1, -0.05) is 13.0 Å². The second-order valence-corrected chi connectivity index (χ2v) is 6.89. The molecule has 0 saturated carbocycles. The Morgan fingerprint density at radius 2 is 1.88 bits per heavy atom. The van der Waals surface area contributed by atoms with Gasteiger partial charge in [-0.15, -0.1) is 11.3 Å². The third kappa shape index (κ3) is 3.85. The number of thiophene rings is 1. The van der Waals surface area contributed by atoms with Crippen LogP contribution in [0.5, 0.6) is 11.5 Å². The number of fused-ring (bicyclic) bond motifs is 1. The molecule has 0 amide bonds. The molecule has 5 nitrogen and oxygen atoms in total. The zero-order valence-corrected chi connectivity index (χ0v) is 15.9. The molecule has 1 N–H and O–H groups in total. The van der Waals surface area contributed by atoms with Gasteiger partial charge >= 0.3 is 0 Å². The molecule has 0 radical (unpaired) electrons. The van der Waals surface area contributed by atoms with E-state index in [1.807, 2.05) is 19.1 Å². The molecule has 1 aromatic carbocycles. The van der Waals surface area contributed by atoms with Gasteiger partial charge in [0.1, 0.15) is 16.5 Å². The van der Waals surface area contributed by atoms with E-state index < -0.39 is 0 Å². The van der Waals surface area contributed by atoms with Crippen molar-refractivity contribution in [3.63, 3.8) is 0 Å². The van der Waals surface area contributed by atoms with Crippen molar-refractivity contribution in [2.24, 2.45) is 0 Å². The Morgan fingerprint density at radius 1 is 1.08 bits per heavy atom. The Balaban J connectivity index is 1.74. The van der Waals surface area contributed by atoms with Crippen molar-refractivity contribution in [3.05, 3.63) is 40.5 Å². The van der Waals surface area contributed by atoms with Crippen LogP contribution in [0.4, 0.5) is 5.82 Å². The lowest BCUT2D eigenvalue weighted by atomic mass is 10.1. The van der Waals surface area contributed by atoms with Crippen LogP contribution in [-0.4, -0.2) is 30.7 Å². The molecule has 0 fully saturated rings. The number of anilines is 1. The average Bonchev–Trinajstić information content (AvgIpc) is 3.04. The van der Waals surface area contributed by atoms with Crippen molar-refractivity contribution in [2.45, 2.75) is 26.7 Å². The number of methoxy groups -OCH3 is 2. The van der Waals surface area contributed by atoms with Gasteiger partial charge in [-0.25, -0.2) is 9.97 Å². The predicted molar refractivity (Wildman–Crippen MR) is 103 cm³/mol. The summed E-state index contributed by atoms with van der Waals surface area (Å²) in [5, 5.41) is 4.57. The largest absolute Gasteiger partial charge is 0.493 e. The van der Waals surface area contributed by atoms with Gasteiger partial charge in [0, 0.05) is 11.4 Å². The van der Waals surface area contributed by atoms with Crippen LogP contribution >= 0.6 is 11.3 Å². The van der Waals surface area contributed by atoms with Gasteiger partial charge in [0.25, 0.3) is 0 Å². The Labute approximate surface area is 152 Å². The van der Waals surface area contributed by atoms with E-state index in [0.717, 1.165) is 52.7 Å². The number of benzene rings is 1. The van der Waals surface area contributed by atoms with Crippen molar-refractivity contribution in [2.75, 3.05) is 26.1 Å². The fourth-order valence-corrected chi connectivity index (χ4v) is 3.76. The van der Waals surface area contributed by atoms with Crippen molar-refractivity contribution in [3.8, 4) is 11.5 Å². The Morgan fingerprint density at radius 3 is 2.60 bits per heavy atom. The Kier molecular flexibility index (Phi) is 5.38. The van der Waals surface area contributed by atoms with E-state index in [9.17, 15) is 0 Å². The smallest absolute Gasteiger partial charge is 0.160 e. The molecular formula is C19H23N3O2S. The first kappa shape index (κ1) is 17.5. The van der Waals surface area contributed by atoms with Gasteiger partial charge in [0.15, 0.2) is 11.5 Å². The number of ether oxygens (including phenoxy) is 2. The predicted octanol–water partition coefficient (Wildman–Crippen LogP) is 4.23. The number of nitrogens with one attached hydrogen (secondary N) is 1. The monoisotopic (exact) mass is 357 g/mol. The normalized spacial score (nSPS) is 10.9. The van der Waals surface area contributed by atoms with Crippen LogP contribution in [0.2, 0.25) is 0 Å². The molecule has 0 atom stereocenters. The number of hydrogen-bond acceptors (Lipinski definition) is 6. The van der Waals surface area contributed by atoms with Crippen LogP contribution in [0.25, 0.3) is 10.2 Å². The molecule has 0 unspecified atom stereocenters. The maximum Gasteiger partial charge on any atom is 0.160 e. The van der Waals surface area contributed by atoms with Crippen molar-refractivity contribution < 1.29 is 9.47 Å². The quantitative estimate of drug-likeness (QED) is 0.686. The van der Waals surface area contributed by atoms with E-state index in [-0.39, 0.29) is 0 Å². The fourth-order valence-electron chi connectivity index (χ4n) is 2.75. The van der Waals surface area contributed by atoms with E-state index >= 15 is 0 Å². The van der Waals surface area contributed by atoms with Crippen molar-refractivity contribution >= 4 is 27.4 Å². The second-order valence-electron chi connectivity index (χ2n) is 5.77. The minimum absolute atomic E-state index is 0.748. The van der Waals surface area contributed by atoms with Gasteiger partial charge < -0.3 is 14.8 Å². The second kappa shape index (κ2) is 7.70. The number of aromatic nitrogens is 2. The SMILES string of the molecule is CCc1cc2c(NCCc3ccc(OC)c(OC)c3)nc(C)nc2s1. The first-order valence-corrected chi connectivity index (χ1v) is 9.18. The number of aryl methyl sites for hydroxylation is 2. The van der Waals surface area contributed by atoms with E-state index in [0.29, 0.717) is 0 Å². The third-order valence-electron chi connectivity index (χ3n) is 4.06. The molecule has 0 aliphatic heterocycles. The van der Waals surface area contributed by atoms with Crippen molar-refractivity contribution in [1.29, 1.82) is 0 Å². The summed E-state index contributed by atoms with van der Waals surface area (Å²) < 4.78 is 10.6. The van der Waals surface area contributed by atoms with Crippen LogP contribution in [0, 0.1) is 6.92 Å². The summed E-state index contributed by atoms with van der Waals surface area (Å²) in [5.74, 6) is 3.22.